The number of carbonyl (C=O) groups excluding carboxylic acids is 1. The highest BCUT2D eigenvalue weighted by Crippen LogP contribution is 2.24. The zero-order valence-electron chi connectivity index (χ0n) is 12.4. The number of nitrogens with zero attached hydrogens (tertiary/aromatic N) is 1. The van der Waals surface area contributed by atoms with Crippen LogP contribution in [-0.2, 0) is 0 Å². The third kappa shape index (κ3) is 3.08. The molecule has 0 aliphatic rings. The van der Waals surface area contributed by atoms with Crippen LogP contribution in [0.4, 0.5) is 0 Å². The van der Waals surface area contributed by atoms with Crippen molar-refractivity contribution in [2.75, 3.05) is 20.8 Å². The molecule has 1 atom stereocenters. The number of rotatable bonds is 5. The van der Waals surface area contributed by atoms with Crippen molar-refractivity contribution in [1.82, 2.24) is 4.90 Å². The van der Waals surface area contributed by atoms with Gasteiger partial charge in [0.25, 0.3) is 5.91 Å². The van der Waals surface area contributed by atoms with Crippen molar-refractivity contribution in [3.8, 4) is 5.75 Å². The molecule has 2 rings (SSSR count). The molecule has 0 saturated heterocycles. The van der Waals surface area contributed by atoms with E-state index in [9.17, 15) is 9.90 Å². The van der Waals surface area contributed by atoms with Crippen molar-refractivity contribution in [3.63, 3.8) is 0 Å². The van der Waals surface area contributed by atoms with Gasteiger partial charge >= 0.3 is 0 Å². The lowest BCUT2D eigenvalue weighted by atomic mass is 10.1. The van der Waals surface area contributed by atoms with E-state index in [1.807, 2.05) is 19.1 Å². The van der Waals surface area contributed by atoms with Gasteiger partial charge in [-0.15, -0.1) is 0 Å². The van der Waals surface area contributed by atoms with Crippen molar-refractivity contribution in [2.45, 2.75) is 13.0 Å². The number of aryl methyl sites for hydroxylation is 1. The summed E-state index contributed by atoms with van der Waals surface area (Å²) in [5.41, 5.74) is 1.61. The minimum absolute atomic E-state index is 0.172. The van der Waals surface area contributed by atoms with Gasteiger partial charge in [0.05, 0.1) is 26.0 Å². The fraction of sp³-hybridized carbons (Fsp3) is 0.312. The Labute approximate surface area is 123 Å². The van der Waals surface area contributed by atoms with Gasteiger partial charge in [0, 0.05) is 12.6 Å². The number of amides is 1. The van der Waals surface area contributed by atoms with E-state index in [0.29, 0.717) is 5.76 Å². The monoisotopic (exact) mass is 289 g/mol. The molecule has 5 heteroatoms. The third-order valence-electron chi connectivity index (χ3n) is 3.52. The number of benzene rings is 1. The highest BCUT2D eigenvalue weighted by molar-refractivity contribution is 5.93. The van der Waals surface area contributed by atoms with Crippen molar-refractivity contribution in [1.29, 1.82) is 0 Å². The van der Waals surface area contributed by atoms with Crippen LogP contribution in [0, 0.1) is 6.92 Å². The van der Waals surface area contributed by atoms with Crippen LogP contribution in [0.15, 0.2) is 41.0 Å². The fourth-order valence-corrected chi connectivity index (χ4v) is 2.17. The van der Waals surface area contributed by atoms with E-state index in [2.05, 4.69) is 0 Å². The summed E-state index contributed by atoms with van der Waals surface area (Å²) in [6, 6.07) is 8.57. The largest absolute Gasteiger partial charge is 0.497 e. The van der Waals surface area contributed by atoms with Crippen molar-refractivity contribution < 1.29 is 19.1 Å². The van der Waals surface area contributed by atoms with Gasteiger partial charge in [-0.3, -0.25) is 4.79 Å². The smallest absolute Gasteiger partial charge is 0.290 e. The summed E-state index contributed by atoms with van der Waals surface area (Å²) in [6.45, 7) is 1.64. The second-order valence-electron chi connectivity index (χ2n) is 4.82. The van der Waals surface area contributed by atoms with Crippen LogP contribution in [0.5, 0.6) is 5.75 Å². The lowest BCUT2D eigenvalue weighted by Crippen LogP contribution is -2.33. The maximum atomic E-state index is 12.4. The zero-order chi connectivity index (χ0) is 15.4. The number of methoxy groups -OCH3 is 1. The highest BCUT2D eigenvalue weighted by atomic mass is 16.5. The Kier molecular flexibility index (Phi) is 4.65. The standard InChI is InChI=1S/C16H19NO4/c1-11-8-9-21-15(11)16(19)17(2)14(10-18)12-4-6-13(20-3)7-5-12/h4-9,14,18H,10H2,1-3H3/t14-/m1/s1. The Hall–Kier alpha value is -2.27. The number of carbonyl (C=O) groups is 1. The molecular weight excluding hydrogens is 270 g/mol. The number of aliphatic hydroxyl groups excluding tert-OH is 1. The predicted octanol–water partition coefficient (Wildman–Crippen LogP) is 2.40. The summed E-state index contributed by atoms with van der Waals surface area (Å²) < 4.78 is 10.3. The van der Waals surface area contributed by atoms with Crippen LogP contribution in [0.1, 0.15) is 27.7 Å². The van der Waals surface area contributed by atoms with E-state index in [1.165, 1.54) is 11.2 Å². The van der Waals surface area contributed by atoms with Crippen molar-refractivity contribution in [2.24, 2.45) is 0 Å². The molecule has 0 unspecified atom stereocenters. The zero-order valence-corrected chi connectivity index (χ0v) is 12.4. The van der Waals surface area contributed by atoms with E-state index in [1.54, 1.807) is 32.4 Å². The molecule has 0 aliphatic heterocycles. The molecule has 0 radical (unpaired) electrons. The van der Waals surface area contributed by atoms with Gasteiger partial charge in [-0.1, -0.05) is 12.1 Å². The number of furan rings is 1. The Balaban J connectivity index is 2.23. The second-order valence-corrected chi connectivity index (χ2v) is 4.82. The fourth-order valence-electron chi connectivity index (χ4n) is 2.17. The number of hydrogen-bond acceptors (Lipinski definition) is 4. The van der Waals surface area contributed by atoms with Crippen LogP contribution in [0.2, 0.25) is 0 Å². The first kappa shape index (κ1) is 15.1. The van der Waals surface area contributed by atoms with Crippen LogP contribution >= 0.6 is 0 Å². The van der Waals surface area contributed by atoms with Crippen molar-refractivity contribution in [3.05, 3.63) is 53.5 Å². The predicted molar refractivity (Wildman–Crippen MR) is 78.4 cm³/mol. The molecule has 5 nitrogen and oxygen atoms in total. The molecule has 0 bridgehead atoms. The van der Waals surface area contributed by atoms with Gasteiger partial charge in [-0.05, 0) is 30.7 Å². The topological polar surface area (TPSA) is 62.9 Å². The summed E-state index contributed by atoms with van der Waals surface area (Å²) in [6.07, 6.45) is 1.48. The van der Waals surface area contributed by atoms with E-state index in [-0.39, 0.29) is 12.5 Å². The molecule has 1 heterocycles. The van der Waals surface area contributed by atoms with Crippen LogP contribution in [0.25, 0.3) is 0 Å². The molecule has 0 aliphatic carbocycles. The first-order chi connectivity index (χ1) is 10.1. The molecule has 112 valence electrons. The highest BCUT2D eigenvalue weighted by Gasteiger charge is 2.25. The second kappa shape index (κ2) is 6.45. The molecule has 21 heavy (non-hydrogen) atoms. The molecule has 1 aromatic heterocycles. The number of likely N-dealkylation sites (N-methyl/N-ethyl adjacent to an activating group) is 1. The Bertz CT molecular complexity index is 603. The summed E-state index contributed by atoms with van der Waals surface area (Å²) in [5, 5.41) is 9.64. The number of aliphatic hydroxyl groups is 1. The van der Waals surface area contributed by atoms with E-state index in [4.69, 9.17) is 9.15 Å². The summed E-state index contributed by atoms with van der Waals surface area (Å²) >= 11 is 0. The Morgan fingerprint density at radius 1 is 1.33 bits per heavy atom. The van der Waals surface area contributed by atoms with Gasteiger partial charge in [0.1, 0.15) is 5.75 Å². The number of ether oxygens (including phenoxy) is 1. The molecule has 1 aromatic carbocycles. The molecule has 0 spiro atoms. The van der Waals surface area contributed by atoms with E-state index < -0.39 is 6.04 Å². The maximum absolute atomic E-state index is 12.4. The molecule has 0 saturated carbocycles. The summed E-state index contributed by atoms with van der Waals surface area (Å²) in [4.78, 5) is 13.9. The average molecular weight is 289 g/mol. The first-order valence-corrected chi connectivity index (χ1v) is 6.64. The molecule has 1 N–H and O–H groups in total. The summed E-state index contributed by atoms with van der Waals surface area (Å²) in [5.74, 6) is 0.767. The Morgan fingerprint density at radius 2 is 2.00 bits per heavy atom. The SMILES string of the molecule is COc1ccc([C@@H](CO)N(C)C(=O)c2occc2C)cc1. The molecule has 2 aromatic rings. The van der Waals surface area contributed by atoms with E-state index in [0.717, 1.165) is 16.9 Å². The van der Waals surface area contributed by atoms with Gasteiger partial charge < -0.3 is 19.2 Å². The van der Waals surface area contributed by atoms with Gasteiger partial charge in [0.2, 0.25) is 0 Å². The van der Waals surface area contributed by atoms with Crippen LogP contribution < -0.4 is 4.74 Å². The van der Waals surface area contributed by atoms with Crippen molar-refractivity contribution >= 4 is 5.91 Å². The Morgan fingerprint density at radius 3 is 2.48 bits per heavy atom. The van der Waals surface area contributed by atoms with Gasteiger partial charge in [-0.2, -0.15) is 0 Å². The minimum Gasteiger partial charge on any atom is -0.497 e. The summed E-state index contributed by atoms with van der Waals surface area (Å²) in [7, 11) is 3.24. The minimum atomic E-state index is -0.437. The molecule has 0 fully saturated rings. The average Bonchev–Trinajstić information content (AvgIpc) is 2.94. The number of hydrogen-bond donors (Lipinski definition) is 1. The maximum Gasteiger partial charge on any atom is 0.290 e. The normalized spacial score (nSPS) is 12.0. The molecular formula is C16H19NO4. The van der Waals surface area contributed by atoms with Gasteiger partial charge in [0.15, 0.2) is 5.76 Å². The van der Waals surface area contributed by atoms with Crippen LogP contribution in [-0.4, -0.2) is 36.7 Å². The molecule has 1 amide bonds. The lowest BCUT2D eigenvalue weighted by Gasteiger charge is -2.26. The first-order valence-electron chi connectivity index (χ1n) is 6.64. The quantitative estimate of drug-likeness (QED) is 0.918. The third-order valence-corrected chi connectivity index (χ3v) is 3.52. The lowest BCUT2D eigenvalue weighted by molar-refractivity contribution is 0.0626. The van der Waals surface area contributed by atoms with Gasteiger partial charge in [-0.25, -0.2) is 0 Å². The van der Waals surface area contributed by atoms with E-state index >= 15 is 0 Å². The van der Waals surface area contributed by atoms with Crippen LogP contribution in [0.3, 0.4) is 0 Å².